The Kier molecular flexibility index (Phi) is 6.09. The van der Waals surface area contributed by atoms with Gasteiger partial charge >= 0.3 is 0 Å². The van der Waals surface area contributed by atoms with Gasteiger partial charge in [-0.05, 0) is 29.8 Å². The lowest BCUT2D eigenvalue weighted by Crippen LogP contribution is -2.17. The van der Waals surface area contributed by atoms with Crippen molar-refractivity contribution in [2.24, 2.45) is 0 Å². The number of carbonyl (C=O) groups is 2. The average molecular weight is 590 g/mol. The third-order valence-corrected chi connectivity index (χ3v) is 8.42. The number of rotatable bonds is 4. The normalized spacial score (nSPS) is 12.4. The molecule has 45 heavy (non-hydrogen) atoms. The van der Waals surface area contributed by atoms with Crippen molar-refractivity contribution in [1.82, 2.24) is 20.4 Å². The quantitative estimate of drug-likeness (QED) is 0.225. The minimum Gasteiger partial charge on any atom is -0.488 e. The van der Waals surface area contributed by atoms with Crippen LogP contribution in [0.5, 0.6) is 5.75 Å². The van der Waals surface area contributed by atoms with Crippen LogP contribution in [0.4, 0.5) is 5.69 Å². The van der Waals surface area contributed by atoms with Crippen LogP contribution in [0.1, 0.15) is 37.4 Å². The molecule has 2 aromatic heterocycles. The van der Waals surface area contributed by atoms with Crippen molar-refractivity contribution in [1.29, 1.82) is 0 Å². The van der Waals surface area contributed by atoms with Crippen LogP contribution in [-0.4, -0.2) is 46.1 Å². The van der Waals surface area contributed by atoms with Gasteiger partial charge in [0.2, 0.25) is 0 Å². The Morgan fingerprint density at radius 3 is 2.00 bits per heavy atom. The summed E-state index contributed by atoms with van der Waals surface area (Å²) in [5.74, 6) is 0.652. The maximum Gasteiger partial charge on any atom is 0.198 e. The van der Waals surface area contributed by atoms with E-state index in [1.54, 1.807) is 0 Å². The van der Waals surface area contributed by atoms with Gasteiger partial charge in [-0.1, -0.05) is 78.9 Å². The number of fused-ring (bicyclic) bond motifs is 4. The van der Waals surface area contributed by atoms with Gasteiger partial charge in [-0.2, -0.15) is 10.2 Å². The van der Waals surface area contributed by atoms with Gasteiger partial charge in [0.25, 0.3) is 0 Å². The van der Waals surface area contributed by atoms with Crippen molar-refractivity contribution in [2.75, 3.05) is 19.0 Å². The Hall–Kier alpha value is -6.02. The van der Waals surface area contributed by atoms with Crippen LogP contribution in [0.15, 0.2) is 103 Å². The molecule has 0 amide bonds. The number of hydrogen-bond donors (Lipinski definition) is 2. The third-order valence-electron chi connectivity index (χ3n) is 8.42. The summed E-state index contributed by atoms with van der Waals surface area (Å²) in [6.07, 6.45) is 0. The van der Waals surface area contributed by atoms with Gasteiger partial charge in [0, 0.05) is 52.8 Å². The second-order valence-electron chi connectivity index (χ2n) is 11.3. The molecular formula is C37H27N5O3. The lowest BCUT2D eigenvalue weighted by molar-refractivity contribution is 0.103. The number of aromatic nitrogens is 4. The molecule has 7 aromatic rings. The predicted molar refractivity (Wildman–Crippen MR) is 175 cm³/mol. The maximum absolute atomic E-state index is 13.1. The molecule has 5 aromatic carbocycles. The van der Waals surface area contributed by atoms with Crippen LogP contribution in [0, 0.1) is 0 Å². The molecule has 218 valence electrons. The molecule has 2 N–H and O–H groups in total. The molecule has 0 bridgehead atoms. The zero-order valence-corrected chi connectivity index (χ0v) is 24.6. The predicted octanol–water partition coefficient (Wildman–Crippen LogP) is 7.19. The van der Waals surface area contributed by atoms with Crippen molar-refractivity contribution in [3.05, 3.63) is 131 Å². The second-order valence-corrected chi connectivity index (χ2v) is 11.3. The van der Waals surface area contributed by atoms with E-state index in [1.807, 2.05) is 122 Å². The number of nitrogens with zero attached hydrogens (tertiary/aromatic N) is 3. The zero-order valence-electron chi connectivity index (χ0n) is 24.6. The Morgan fingerprint density at radius 2 is 1.22 bits per heavy atom. The van der Waals surface area contributed by atoms with Gasteiger partial charge in [0.05, 0.1) is 22.2 Å². The molecule has 8 nitrogen and oxygen atoms in total. The fraction of sp³-hybridized carbons (Fsp3) is 0.0811. The SMILES string of the molecule is CN(C)c1ccc2[nH]nc3c2c1C(=O)c1ccccc1-3.O=C1c2c(OCc3ccccc3)cccc2-c2n[nH]c3cccc1c23. The van der Waals surface area contributed by atoms with E-state index in [0.29, 0.717) is 23.5 Å². The van der Waals surface area contributed by atoms with Crippen molar-refractivity contribution in [2.45, 2.75) is 6.61 Å². The highest BCUT2D eigenvalue weighted by Gasteiger charge is 2.31. The molecule has 2 aliphatic carbocycles. The molecule has 0 spiro atoms. The summed E-state index contributed by atoms with van der Waals surface area (Å²) in [5.41, 5.74) is 9.91. The number of ether oxygens (including phenoxy) is 1. The van der Waals surface area contributed by atoms with E-state index in [4.69, 9.17) is 4.74 Å². The van der Waals surface area contributed by atoms with E-state index >= 15 is 0 Å². The first-order valence-corrected chi connectivity index (χ1v) is 14.7. The van der Waals surface area contributed by atoms with E-state index in [0.717, 1.165) is 66.7 Å². The summed E-state index contributed by atoms with van der Waals surface area (Å²) in [6, 6.07) is 32.8. The molecule has 0 saturated heterocycles. The average Bonchev–Trinajstić information content (AvgIpc) is 3.71. The van der Waals surface area contributed by atoms with Crippen LogP contribution >= 0.6 is 0 Å². The standard InChI is InChI=1S/C21H14N2O2.C16H13N3O/c24-21-15-9-4-10-16-18(15)20(23-22-16)14-8-5-11-17(19(14)21)25-12-13-6-2-1-3-7-13;1-19(2)12-8-7-11-13-14(12)16(20)10-6-4-3-5-9(10)15(13)18-17-11/h1-11H,12H2,(H,22,23);3-8H,1-2H3,(H,17,18). The number of aromatic amines is 2. The largest absolute Gasteiger partial charge is 0.488 e. The second kappa shape index (κ2) is 10.3. The molecule has 0 fully saturated rings. The van der Waals surface area contributed by atoms with E-state index in [-0.39, 0.29) is 11.6 Å². The lowest BCUT2D eigenvalue weighted by Gasteiger charge is -2.21. The molecule has 0 saturated carbocycles. The fourth-order valence-electron chi connectivity index (χ4n) is 6.33. The molecule has 8 heteroatoms. The number of carbonyl (C=O) groups excluding carboxylic acids is 2. The summed E-state index contributed by atoms with van der Waals surface area (Å²) in [6.45, 7) is 0.419. The summed E-state index contributed by atoms with van der Waals surface area (Å²) in [5, 5.41) is 16.7. The van der Waals surface area contributed by atoms with Crippen molar-refractivity contribution in [3.8, 4) is 28.3 Å². The Labute approximate surface area is 258 Å². The zero-order chi connectivity index (χ0) is 30.7. The number of hydrogen-bond acceptors (Lipinski definition) is 6. The van der Waals surface area contributed by atoms with Gasteiger partial charge in [-0.3, -0.25) is 19.8 Å². The first-order chi connectivity index (χ1) is 22.0. The monoisotopic (exact) mass is 589 g/mol. The molecule has 9 rings (SSSR count). The topological polar surface area (TPSA) is 104 Å². The molecule has 0 unspecified atom stereocenters. The lowest BCUT2D eigenvalue weighted by atomic mass is 9.86. The molecule has 0 aliphatic heterocycles. The van der Waals surface area contributed by atoms with Crippen LogP contribution < -0.4 is 9.64 Å². The first-order valence-electron chi connectivity index (χ1n) is 14.7. The number of anilines is 1. The van der Waals surface area contributed by atoms with Gasteiger partial charge < -0.3 is 9.64 Å². The van der Waals surface area contributed by atoms with Gasteiger partial charge in [-0.25, -0.2) is 0 Å². The Balaban J connectivity index is 0.000000137. The molecule has 0 radical (unpaired) electrons. The molecule has 2 heterocycles. The highest BCUT2D eigenvalue weighted by molar-refractivity contribution is 6.28. The Bertz CT molecular complexity index is 2300. The van der Waals surface area contributed by atoms with E-state index in [9.17, 15) is 9.59 Å². The number of H-pyrrole nitrogens is 2. The minimum atomic E-state index is -0.0156. The van der Waals surface area contributed by atoms with Gasteiger partial charge in [0.15, 0.2) is 11.6 Å². The summed E-state index contributed by atoms with van der Waals surface area (Å²) in [7, 11) is 3.90. The van der Waals surface area contributed by atoms with E-state index in [2.05, 4.69) is 20.4 Å². The van der Waals surface area contributed by atoms with Crippen molar-refractivity contribution >= 4 is 39.1 Å². The summed E-state index contributed by atoms with van der Waals surface area (Å²) >= 11 is 0. The minimum absolute atomic E-state index is 0.0156. The number of benzene rings is 5. The number of ketones is 2. The van der Waals surface area contributed by atoms with E-state index in [1.165, 1.54) is 0 Å². The van der Waals surface area contributed by atoms with Crippen LogP contribution in [0.25, 0.3) is 44.3 Å². The summed E-state index contributed by atoms with van der Waals surface area (Å²) in [4.78, 5) is 27.9. The maximum atomic E-state index is 13.1. The highest BCUT2D eigenvalue weighted by Crippen LogP contribution is 2.42. The van der Waals surface area contributed by atoms with Gasteiger partial charge in [0.1, 0.15) is 23.7 Å². The number of nitrogens with one attached hydrogen (secondary N) is 2. The smallest absolute Gasteiger partial charge is 0.198 e. The van der Waals surface area contributed by atoms with E-state index < -0.39 is 0 Å². The molecular weight excluding hydrogens is 562 g/mol. The van der Waals surface area contributed by atoms with Crippen molar-refractivity contribution in [3.63, 3.8) is 0 Å². The van der Waals surface area contributed by atoms with Crippen LogP contribution in [0.2, 0.25) is 0 Å². The first kappa shape index (κ1) is 26.6. The Morgan fingerprint density at radius 1 is 0.600 bits per heavy atom. The molecule has 2 aliphatic rings. The fourth-order valence-corrected chi connectivity index (χ4v) is 6.33. The van der Waals surface area contributed by atoms with Crippen LogP contribution in [-0.2, 0) is 6.61 Å². The third kappa shape index (κ3) is 4.14. The van der Waals surface area contributed by atoms with Gasteiger partial charge in [-0.15, -0.1) is 0 Å². The van der Waals surface area contributed by atoms with Crippen LogP contribution in [0.3, 0.4) is 0 Å². The highest BCUT2D eigenvalue weighted by atomic mass is 16.5. The summed E-state index contributed by atoms with van der Waals surface area (Å²) < 4.78 is 5.99. The molecule has 0 atom stereocenters. The van der Waals surface area contributed by atoms with Crippen molar-refractivity contribution < 1.29 is 14.3 Å².